The van der Waals surface area contributed by atoms with E-state index in [1.807, 2.05) is 7.05 Å². The number of likely N-dealkylation sites (N-methyl/N-ethyl adjacent to an activating group) is 2. The highest BCUT2D eigenvalue weighted by Gasteiger charge is 2.22. The molecule has 0 aliphatic carbocycles. The van der Waals surface area contributed by atoms with Gasteiger partial charge in [0.05, 0.1) is 6.54 Å². The Morgan fingerprint density at radius 3 is 2.50 bits per heavy atom. The van der Waals surface area contributed by atoms with Gasteiger partial charge in [0.2, 0.25) is 5.91 Å². The summed E-state index contributed by atoms with van der Waals surface area (Å²) >= 11 is 0. The Morgan fingerprint density at radius 1 is 1.33 bits per heavy atom. The number of hydrogen-bond donors (Lipinski definition) is 1. The zero-order valence-corrected chi connectivity index (χ0v) is 12.1. The van der Waals surface area contributed by atoms with Crippen molar-refractivity contribution in [3.05, 3.63) is 0 Å². The summed E-state index contributed by atoms with van der Waals surface area (Å²) in [5.74, 6) is 0.199. The summed E-state index contributed by atoms with van der Waals surface area (Å²) in [6.07, 6.45) is 3.19. The summed E-state index contributed by atoms with van der Waals surface area (Å²) < 4.78 is 0. The highest BCUT2D eigenvalue weighted by Crippen LogP contribution is 2.13. The minimum absolute atomic E-state index is 0.199. The van der Waals surface area contributed by atoms with Crippen LogP contribution in [0, 0.1) is 0 Å². The summed E-state index contributed by atoms with van der Waals surface area (Å²) in [6.45, 7) is 4.19. The van der Waals surface area contributed by atoms with Crippen LogP contribution in [-0.2, 0) is 4.79 Å². The van der Waals surface area contributed by atoms with Crippen molar-refractivity contribution >= 4 is 5.91 Å². The Bertz CT molecular complexity index is 251. The summed E-state index contributed by atoms with van der Waals surface area (Å²) in [7, 11) is 6.08. The second kappa shape index (κ2) is 7.71. The molecule has 1 heterocycles. The second-order valence-electron chi connectivity index (χ2n) is 5.41. The zero-order valence-electron chi connectivity index (χ0n) is 12.1. The van der Waals surface area contributed by atoms with Crippen molar-refractivity contribution in [1.29, 1.82) is 0 Å². The van der Waals surface area contributed by atoms with Crippen molar-refractivity contribution in [3.8, 4) is 0 Å². The van der Waals surface area contributed by atoms with E-state index in [9.17, 15) is 4.79 Å². The van der Waals surface area contributed by atoms with Gasteiger partial charge in [-0.05, 0) is 53.0 Å². The van der Waals surface area contributed by atoms with Crippen molar-refractivity contribution in [2.24, 2.45) is 5.73 Å². The number of rotatable bonds is 6. The van der Waals surface area contributed by atoms with E-state index in [1.54, 1.807) is 4.90 Å². The third-order valence-electron chi connectivity index (χ3n) is 3.82. The van der Waals surface area contributed by atoms with Crippen LogP contribution in [0.2, 0.25) is 0 Å². The van der Waals surface area contributed by atoms with Crippen molar-refractivity contribution < 1.29 is 4.79 Å². The number of amides is 1. The summed E-state index contributed by atoms with van der Waals surface area (Å²) in [6, 6.07) is 0.549. The fourth-order valence-electron chi connectivity index (χ4n) is 2.35. The van der Waals surface area contributed by atoms with E-state index in [2.05, 4.69) is 23.9 Å². The first-order valence-corrected chi connectivity index (χ1v) is 6.87. The number of carbonyl (C=O) groups excluding carboxylic acids is 1. The van der Waals surface area contributed by atoms with Gasteiger partial charge in [-0.2, -0.15) is 0 Å². The van der Waals surface area contributed by atoms with Crippen LogP contribution >= 0.6 is 0 Å². The van der Waals surface area contributed by atoms with E-state index in [-0.39, 0.29) is 5.91 Å². The van der Waals surface area contributed by atoms with Gasteiger partial charge in [0.25, 0.3) is 0 Å². The Hall–Kier alpha value is -0.650. The lowest BCUT2D eigenvalue weighted by molar-refractivity contribution is -0.131. The molecule has 0 bridgehead atoms. The summed E-state index contributed by atoms with van der Waals surface area (Å²) in [5, 5.41) is 0. The molecule has 106 valence electrons. The topological polar surface area (TPSA) is 52.8 Å². The van der Waals surface area contributed by atoms with Crippen LogP contribution in [0.15, 0.2) is 0 Å². The van der Waals surface area contributed by atoms with E-state index in [0.717, 1.165) is 38.9 Å². The standard InChI is InChI=1S/C13H28N4O/c1-15-9-5-12(6-10-15)17(3)11-13(18)16(2)8-4-7-14/h12H,4-11,14H2,1-3H3. The number of hydrogen-bond acceptors (Lipinski definition) is 4. The zero-order chi connectivity index (χ0) is 13.5. The van der Waals surface area contributed by atoms with Crippen molar-refractivity contribution in [2.45, 2.75) is 25.3 Å². The van der Waals surface area contributed by atoms with Crippen LogP contribution in [-0.4, -0.2) is 80.5 Å². The third-order valence-corrected chi connectivity index (χ3v) is 3.82. The maximum Gasteiger partial charge on any atom is 0.236 e. The number of piperidine rings is 1. The lowest BCUT2D eigenvalue weighted by Crippen LogP contribution is -2.46. The minimum Gasteiger partial charge on any atom is -0.345 e. The van der Waals surface area contributed by atoms with Gasteiger partial charge >= 0.3 is 0 Å². The predicted molar refractivity (Wildman–Crippen MR) is 74.5 cm³/mol. The lowest BCUT2D eigenvalue weighted by Gasteiger charge is -2.35. The minimum atomic E-state index is 0.199. The van der Waals surface area contributed by atoms with Crippen LogP contribution in [0.1, 0.15) is 19.3 Å². The second-order valence-corrected chi connectivity index (χ2v) is 5.41. The van der Waals surface area contributed by atoms with Crippen LogP contribution in [0.3, 0.4) is 0 Å². The average Bonchev–Trinajstić information content (AvgIpc) is 2.36. The van der Waals surface area contributed by atoms with E-state index in [0.29, 0.717) is 19.1 Å². The van der Waals surface area contributed by atoms with Crippen LogP contribution in [0.4, 0.5) is 0 Å². The van der Waals surface area contributed by atoms with E-state index in [4.69, 9.17) is 5.73 Å². The molecule has 0 aromatic heterocycles. The largest absolute Gasteiger partial charge is 0.345 e. The first kappa shape index (κ1) is 15.4. The third kappa shape index (κ3) is 4.92. The molecule has 0 aromatic carbocycles. The quantitative estimate of drug-likeness (QED) is 0.716. The maximum absolute atomic E-state index is 12.0. The maximum atomic E-state index is 12.0. The molecule has 1 amide bonds. The number of nitrogens with zero attached hydrogens (tertiary/aromatic N) is 3. The number of nitrogens with two attached hydrogens (primary N) is 1. The molecule has 1 aliphatic heterocycles. The van der Waals surface area contributed by atoms with Gasteiger partial charge in [-0.15, -0.1) is 0 Å². The highest BCUT2D eigenvalue weighted by atomic mass is 16.2. The normalized spacial score (nSPS) is 18.3. The van der Waals surface area contributed by atoms with Gasteiger partial charge < -0.3 is 15.5 Å². The van der Waals surface area contributed by atoms with Crippen molar-refractivity contribution in [3.63, 3.8) is 0 Å². The fraction of sp³-hybridized carbons (Fsp3) is 0.923. The van der Waals surface area contributed by atoms with Crippen LogP contribution < -0.4 is 5.73 Å². The van der Waals surface area contributed by atoms with Crippen molar-refractivity contribution in [1.82, 2.24) is 14.7 Å². The Kier molecular flexibility index (Phi) is 6.60. The smallest absolute Gasteiger partial charge is 0.236 e. The fourth-order valence-corrected chi connectivity index (χ4v) is 2.35. The van der Waals surface area contributed by atoms with Gasteiger partial charge in [0, 0.05) is 19.6 Å². The molecule has 0 radical (unpaired) electrons. The van der Waals surface area contributed by atoms with E-state index in [1.165, 1.54) is 0 Å². The Balaban J connectivity index is 2.30. The average molecular weight is 256 g/mol. The molecule has 5 heteroatoms. The van der Waals surface area contributed by atoms with Gasteiger partial charge in [-0.25, -0.2) is 0 Å². The molecular weight excluding hydrogens is 228 g/mol. The van der Waals surface area contributed by atoms with Crippen LogP contribution in [0.5, 0.6) is 0 Å². The molecule has 1 saturated heterocycles. The molecular formula is C13H28N4O. The van der Waals surface area contributed by atoms with Gasteiger partial charge in [0.15, 0.2) is 0 Å². The van der Waals surface area contributed by atoms with Gasteiger partial charge in [0.1, 0.15) is 0 Å². The van der Waals surface area contributed by atoms with E-state index >= 15 is 0 Å². The Labute approximate surface area is 111 Å². The SMILES string of the molecule is CN1CCC(N(C)CC(=O)N(C)CCCN)CC1. The van der Waals surface area contributed by atoms with Crippen LogP contribution in [0.25, 0.3) is 0 Å². The number of carbonyl (C=O) groups is 1. The molecule has 0 spiro atoms. The molecule has 1 aliphatic rings. The highest BCUT2D eigenvalue weighted by molar-refractivity contribution is 5.77. The molecule has 0 unspecified atom stereocenters. The van der Waals surface area contributed by atoms with Gasteiger partial charge in [-0.1, -0.05) is 0 Å². The molecule has 1 fully saturated rings. The van der Waals surface area contributed by atoms with E-state index < -0.39 is 0 Å². The first-order chi connectivity index (χ1) is 8.54. The summed E-state index contributed by atoms with van der Waals surface area (Å²) in [4.78, 5) is 18.3. The molecule has 0 aromatic rings. The molecule has 1 rings (SSSR count). The molecule has 18 heavy (non-hydrogen) atoms. The molecule has 0 saturated carbocycles. The number of likely N-dealkylation sites (tertiary alicyclic amines) is 1. The monoisotopic (exact) mass is 256 g/mol. The molecule has 2 N–H and O–H groups in total. The lowest BCUT2D eigenvalue weighted by atomic mass is 10.0. The summed E-state index contributed by atoms with van der Waals surface area (Å²) in [5.41, 5.74) is 5.46. The first-order valence-electron chi connectivity index (χ1n) is 6.87. The molecule has 0 atom stereocenters. The van der Waals surface area contributed by atoms with Gasteiger partial charge in [-0.3, -0.25) is 9.69 Å². The van der Waals surface area contributed by atoms with Crippen molar-refractivity contribution in [2.75, 3.05) is 53.9 Å². The molecule has 5 nitrogen and oxygen atoms in total. The Morgan fingerprint density at radius 2 is 1.94 bits per heavy atom. The predicted octanol–water partition coefficient (Wildman–Crippen LogP) is -0.180.